The zero-order chi connectivity index (χ0) is 25.6. The van der Waals surface area contributed by atoms with Crippen LogP contribution in [-0.2, 0) is 12.7 Å². The minimum atomic E-state index is -4.46. The number of alkyl halides is 3. The van der Waals surface area contributed by atoms with Crippen LogP contribution in [0.5, 0.6) is 0 Å². The van der Waals surface area contributed by atoms with E-state index in [4.69, 9.17) is 4.52 Å². The maximum atomic E-state index is 13.6. The summed E-state index contributed by atoms with van der Waals surface area (Å²) in [4.78, 5) is 31.1. The molecule has 36 heavy (non-hydrogen) atoms. The van der Waals surface area contributed by atoms with Crippen molar-refractivity contribution < 1.29 is 17.7 Å². The molecule has 0 bridgehead atoms. The molecule has 0 unspecified atom stereocenters. The second-order valence-corrected chi connectivity index (χ2v) is 8.46. The number of halogens is 3. The van der Waals surface area contributed by atoms with Crippen molar-refractivity contribution in [3.63, 3.8) is 0 Å². The predicted octanol–water partition coefficient (Wildman–Crippen LogP) is 4.89. The average Bonchev–Trinajstić information content (AvgIpc) is 3.29. The first kappa shape index (κ1) is 23.3. The Morgan fingerprint density at radius 1 is 0.917 bits per heavy atom. The maximum Gasteiger partial charge on any atom is 0.416 e. The molecule has 0 amide bonds. The largest absolute Gasteiger partial charge is 0.416 e. The number of para-hydroxylation sites is 1. The summed E-state index contributed by atoms with van der Waals surface area (Å²) in [5.74, 6) is 0.140. The Labute approximate surface area is 202 Å². The van der Waals surface area contributed by atoms with Crippen molar-refractivity contribution >= 4 is 10.9 Å². The Kier molecular flexibility index (Phi) is 5.58. The first-order valence-corrected chi connectivity index (χ1v) is 11.0. The van der Waals surface area contributed by atoms with Gasteiger partial charge in [0.2, 0.25) is 11.7 Å². The van der Waals surface area contributed by atoms with Gasteiger partial charge in [0.15, 0.2) is 0 Å². The van der Waals surface area contributed by atoms with E-state index >= 15 is 0 Å². The minimum absolute atomic E-state index is 0.0581. The van der Waals surface area contributed by atoms with E-state index in [0.717, 1.165) is 27.8 Å². The van der Waals surface area contributed by atoms with E-state index in [0.29, 0.717) is 22.2 Å². The van der Waals surface area contributed by atoms with Crippen molar-refractivity contribution in [3.8, 4) is 17.1 Å². The van der Waals surface area contributed by atoms with Crippen molar-refractivity contribution in [2.45, 2.75) is 26.6 Å². The summed E-state index contributed by atoms with van der Waals surface area (Å²) in [5.41, 5.74) is 1.13. The van der Waals surface area contributed by atoms with Gasteiger partial charge in [-0.1, -0.05) is 35.5 Å². The lowest BCUT2D eigenvalue weighted by molar-refractivity contribution is -0.137. The molecule has 7 nitrogen and oxygen atoms in total. The van der Waals surface area contributed by atoms with E-state index in [9.17, 15) is 22.8 Å². The zero-order valence-electron chi connectivity index (χ0n) is 19.2. The van der Waals surface area contributed by atoms with Gasteiger partial charge >= 0.3 is 11.9 Å². The number of benzene rings is 3. The number of aryl methyl sites for hydroxylation is 2. The number of hydrogen-bond donors (Lipinski definition) is 0. The van der Waals surface area contributed by atoms with Gasteiger partial charge in [0, 0.05) is 5.56 Å². The SMILES string of the molecule is Cc1cc(C)cc(-n2c(=O)c3ccccc3n(Cc3nc(-c4ccc(C(F)(F)F)cc4)no3)c2=O)c1. The molecule has 3 aromatic carbocycles. The molecule has 0 N–H and O–H groups in total. The van der Waals surface area contributed by atoms with E-state index in [1.54, 1.807) is 36.4 Å². The molecule has 5 aromatic rings. The molecule has 5 rings (SSSR count). The predicted molar refractivity (Wildman–Crippen MR) is 127 cm³/mol. The van der Waals surface area contributed by atoms with Crippen LogP contribution in [0.25, 0.3) is 28.0 Å². The highest BCUT2D eigenvalue weighted by Gasteiger charge is 2.30. The summed E-state index contributed by atoms with van der Waals surface area (Å²) in [6.45, 7) is 3.61. The third-order valence-electron chi connectivity index (χ3n) is 5.75. The molecule has 182 valence electrons. The van der Waals surface area contributed by atoms with Gasteiger partial charge in [-0.05, 0) is 61.4 Å². The van der Waals surface area contributed by atoms with Crippen LogP contribution in [0, 0.1) is 13.8 Å². The third kappa shape index (κ3) is 4.21. The topological polar surface area (TPSA) is 82.9 Å². The fraction of sp³-hybridized carbons (Fsp3) is 0.154. The summed E-state index contributed by atoms with van der Waals surface area (Å²) >= 11 is 0. The van der Waals surface area contributed by atoms with E-state index < -0.39 is 23.0 Å². The van der Waals surface area contributed by atoms with Gasteiger partial charge in [0.05, 0.1) is 22.2 Å². The van der Waals surface area contributed by atoms with Gasteiger partial charge in [-0.25, -0.2) is 9.36 Å². The lowest BCUT2D eigenvalue weighted by atomic mass is 10.1. The van der Waals surface area contributed by atoms with Crippen LogP contribution >= 0.6 is 0 Å². The Bertz CT molecular complexity index is 1690. The highest BCUT2D eigenvalue weighted by molar-refractivity contribution is 5.78. The zero-order valence-corrected chi connectivity index (χ0v) is 19.2. The Hall–Kier alpha value is -4.47. The first-order chi connectivity index (χ1) is 17.1. The van der Waals surface area contributed by atoms with Crippen LogP contribution in [0.4, 0.5) is 13.2 Å². The van der Waals surface area contributed by atoms with Gasteiger partial charge in [-0.15, -0.1) is 0 Å². The Balaban J connectivity index is 1.60. The third-order valence-corrected chi connectivity index (χ3v) is 5.75. The molecule has 10 heteroatoms. The molecule has 2 aromatic heterocycles. The first-order valence-electron chi connectivity index (χ1n) is 11.0. The van der Waals surface area contributed by atoms with Crippen molar-refractivity contribution in [1.82, 2.24) is 19.3 Å². The summed E-state index contributed by atoms with van der Waals surface area (Å²) in [6, 6.07) is 16.5. The molecule has 0 spiro atoms. The van der Waals surface area contributed by atoms with Crippen molar-refractivity contribution in [2.24, 2.45) is 0 Å². The van der Waals surface area contributed by atoms with Gasteiger partial charge in [0.25, 0.3) is 5.56 Å². The van der Waals surface area contributed by atoms with Gasteiger partial charge < -0.3 is 4.52 Å². The summed E-state index contributed by atoms with van der Waals surface area (Å²) in [5, 5.41) is 4.19. The normalized spacial score (nSPS) is 11.8. The van der Waals surface area contributed by atoms with Gasteiger partial charge in [-0.2, -0.15) is 18.2 Å². The summed E-state index contributed by atoms with van der Waals surface area (Å²) in [6.07, 6.45) is -4.46. The van der Waals surface area contributed by atoms with Crippen molar-refractivity contribution in [3.05, 3.63) is 110 Å². The lowest BCUT2D eigenvalue weighted by Gasteiger charge is -2.13. The quantitative estimate of drug-likeness (QED) is 0.357. The molecule has 0 aliphatic heterocycles. The standard InChI is InChI=1S/C26H19F3N4O3/c1-15-11-16(2)13-19(12-15)33-24(34)20-5-3-4-6-21(20)32(25(33)35)14-22-30-23(31-36-22)17-7-9-18(10-8-17)26(27,28)29/h3-13H,14H2,1-2H3. The second-order valence-electron chi connectivity index (χ2n) is 8.46. The minimum Gasteiger partial charge on any atom is -0.337 e. The second kappa shape index (κ2) is 8.63. The van der Waals surface area contributed by atoms with Gasteiger partial charge in [-0.3, -0.25) is 9.36 Å². The monoisotopic (exact) mass is 492 g/mol. The molecular weight excluding hydrogens is 473 g/mol. The number of aromatic nitrogens is 4. The van der Waals surface area contributed by atoms with Crippen LogP contribution in [-0.4, -0.2) is 19.3 Å². The van der Waals surface area contributed by atoms with Crippen LogP contribution in [0.1, 0.15) is 22.6 Å². The average molecular weight is 492 g/mol. The molecular formula is C26H19F3N4O3. The summed E-state index contributed by atoms with van der Waals surface area (Å²) in [7, 11) is 0. The van der Waals surface area contributed by atoms with E-state index in [2.05, 4.69) is 10.1 Å². The molecule has 2 heterocycles. The van der Waals surface area contributed by atoms with Crippen molar-refractivity contribution in [1.29, 1.82) is 0 Å². The van der Waals surface area contributed by atoms with Crippen LogP contribution in [0.3, 0.4) is 0 Å². The van der Waals surface area contributed by atoms with Crippen LogP contribution in [0.2, 0.25) is 0 Å². The van der Waals surface area contributed by atoms with Crippen LogP contribution in [0.15, 0.2) is 80.8 Å². The summed E-state index contributed by atoms with van der Waals surface area (Å²) < 4.78 is 46.3. The molecule has 0 atom stereocenters. The molecule has 0 radical (unpaired) electrons. The highest BCUT2D eigenvalue weighted by Crippen LogP contribution is 2.30. The van der Waals surface area contributed by atoms with Crippen LogP contribution < -0.4 is 11.2 Å². The van der Waals surface area contributed by atoms with Gasteiger partial charge in [0.1, 0.15) is 6.54 Å². The molecule has 0 fully saturated rings. The number of rotatable bonds is 4. The Morgan fingerprint density at radius 2 is 1.58 bits per heavy atom. The van der Waals surface area contributed by atoms with E-state index in [1.807, 2.05) is 19.9 Å². The van der Waals surface area contributed by atoms with E-state index in [-0.39, 0.29) is 18.3 Å². The lowest BCUT2D eigenvalue weighted by Crippen LogP contribution is -2.39. The maximum absolute atomic E-state index is 13.6. The number of fused-ring (bicyclic) bond motifs is 1. The molecule has 0 aliphatic carbocycles. The Morgan fingerprint density at radius 3 is 2.25 bits per heavy atom. The number of hydrogen-bond acceptors (Lipinski definition) is 5. The molecule has 0 aliphatic rings. The van der Waals surface area contributed by atoms with E-state index in [1.165, 1.54) is 16.7 Å². The van der Waals surface area contributed by atoms with Crippen molar-refractivity contribution in [2.75, 3.05) is 0 Å². The molecule has 0 saturated heterocycles. The highest BCUT2D eigenvalue weighted by atomic mass is 19.4. The smallest absolute Gasteiger partial charge is 0.337 e. The number of nitrogens with zero attached hydrogens (tertiary/aromatic N) is 4. The fourth-order valence-corrected chi connectivity index (χ4v) is 4.16. The molecule has 0 saturated carbocycles. The fourth-order valence-electron chi connectivity index (χ4n) is 4.16.